The van der Waals surface area contributed by atoms with Crippen molar-refractivity contribution in [3.05, 3.63) is 85.1 Å². The van der Waals surface area contributed by atoms with Crippen molar-refractivity contribution in [3.63, 3.8) is 0 Å². The Labute approximate surface area is 458 Å². The first-order valence-electron chi connectivity index (χ1n) is 31.6. The van der Waals surface area contributed by atoms with Crippen LogP contribution in [0.15, 0.2) is 85.1 Å². The minimum Gasteiger partial charge on any atom is -0.462 e. The van der Waals surface area contributed by atoms with E-state index in [4.69, 9.17) is 14.2 Å². The van der Waals surface area contributed by atoms with Crippen LogP contribution in [0.4, 0.5) is 0 Å². The molecule has 0 aliphatic rings. The second kappa shape index (κ2) is 62.1. The number of ether oxygens (including phenoxy) is 3. The Kier molecular flexibility index (Phi) is 59.3. The fourth-order valence-electron chi connectivity index (χ4n) is 8.91. The molecule has 0 amide bonds. The summed E-state index contributed by atoms with van der Waals surface area (Å²) in [5.41, 5.74) is 0. The van der Waals surface area contributed by atoms with Crippen LogP contribution in [0.2, 0.25) is 0 Å². The lowest BCUT2D eigenvalue weighted by molar-refractivity contribution is -0.167. The van der Waals surface area contributed by atoms with Gasteiger partial charge in [-0.05, 0) is 96.3 Å². The molecule has 0 radical (unpaired) electrons. The first-order chi connectivity index (χ1) is 36.5. The summed E-state index contributed by atoms with van der Waals surface area (Å²) < 4.78 is 16.9. The Morgan fingerprint density at radius 3 is 0.838 bits per heavy atom. The second-order valence-electron chi connectivity index (χ2n) is 20.9. The molecule has 0 rings (SSSR count). The number of allylic oxidation sites excluding steroid dienone is 14. The van der Waals surface area contributed by atoms with E-state index in [2.05, 4.69) is 106 Å². The summed E-state index contributed by atoms with van der Waals surface area (Å²) in [5.74, 6) is -0.900. The molecule has 74 heavy (non-hydrogen) atoms. The van der Waals surface area contributed by atoms with Crippen molar-refractivity contribution >= 4 is 17.9 Å². The van der Waals surface area contributed by atoms with Gasteiger partial charge in [-0.25, -0.2) is 0 Å². The molecule has 6 nitrogen and oxygen atoms in total. The lowest BCUT2D eigenvalue weighted by Gasteiger charge is -2.18. The van der Waals surface area contributed by atoms with Crippen LogP contribution in [0, 0.1) is 0 Å². The van der Waals surface area contributed by atoms with Gasteiger partial charge in [0, 0.05) is 19.3 Å². The van der Waals surface area contributed by atoms with Gasteiger partial charge in [-0.15, -0.1) is 0 Å². The van der Waals surface area contributed by atoms with E-state index in [1.807, 2.05) is 0 Å². The van der Waals surface area contributed by atoms with Crippen LogP contribution in [0.3, 0.4) is 0 Å². The fraction of sp³-hybridized carbons (Fsp3) is 0.750. The molecule has 0 aromatic heterocycles. The van der Waals surface area contributed by atoms with E-state index in [-0.39, 0.29) is 31.1 Å². The third-order valence-electron chi connectivity index (χ3n) is 13.6. The minimum atomic E-state index is -0.787. The normalized spacial score (nSPS) is 12.6. The minimum absolute atomic E-state index is 0.0827. The Hall–Kier alpha value is -3.41. The average Bonchev–Trinajstić information content (AvgIpc) is 3.40. The van der Waals surface area contributed by atoms with Crippen molar-refractivity contribution in [2.75, 3.05) is 13.2 Å². The van der Waals surface area contributed by atoms with Crippen LogP contribution in [0.1, 0.15) is 310 Å². The molecule has 0 spiro atoms. The van der Waals surface area contributed by atoms with Crippen molar-refractivity contribution < 1.29 is 28.6 Å². The summed E-state index contributed by atoms with van der Waals surface area (Å²) in [4.78, 5) is 38.2. The monoisotopic (exact) mass is 1030 g/mol. The molecular weight excluding hydrogens is 913 g/mol. The summed E-state index contributed by atoms with van der Waals surface area (Å²) in [6, 6.07) is 0. The molecular formula is C68H118O6. The largest absolute Gasteiger partial charge is 0.462 e. The van der Waals surface area contributed by atoms with Crippen LogP contribution in [-0.2, 0) is 28.6 Å². The smallest absolute Gasteiger partial charge is 0.306 e. The first-order valence-corrected chi connectivity index (χ1v) is 31.6. The SMILES string of the molecule is CC/C=C\C/C=C\C/C=C\C/C=C\C/C=C\C/C=C\CCCCCCC(=O)OCC(COC(=O)CCCCCCCCCCCC)OC(=O)CCCCCCCCCCCCC/C=C\CCCCCCCCCC. The van der Waals surface area contributed by atoms with Crippen molar-refractivity contribution in [2.45, 2.75) is 316 Å². The molecule has 1 atom stereocenters. The summed E-state index contributed by atoms with van der Waals surface area (Å²) in [6.07, 6.45) is 81.6. The van der Waals surface area contributed by atoms with Gasteiger partial charge in [0.25, 0.3) is 0 Å². The maximum absolute atomic E-state index is 12.9. The second-order valence-corrected chi connectivity index (χ2v) is 20.9. The zero-order valence-corrected chi connectivity index (χ0v) is 48.8. The Morgan fingerprint density at radius 2 is 0.527 bits per heavy atom. The van der Waals surface area contributed by atoms with Crippen molar-refractivity contribution in [1.82, 2.24) is 0 Å². The van der Waals surface area contributed by atoms with Gasteiger partial charge in [-0.3, -0.25) is 14.4 Å². The highest BCUT2D eigenvalue weighted by Gasteiger charge is 2.19. The van der Waals surface area contributed by atoms with Crippen LogP contribution < -0.4 is 0 Å². The van der Waals surface area contributed by atoms with E-state index in [0.717, 1.165) is 109 Å². The third-order valence-corrected chi connectivity index (χ3v) is 13.6. The molecule has 0 fully saturated rings. The molecule has 426 valence electrons. The molecule has 1 unspecified atom stereocenters. The number of rotatable bonds is 57. The van der Waals surface area contributed by atoms with Crippen molar-refractivity contribution in [2.24, 2.45) is 0 Å². The van der Waals surface area contributed by atoms with Gasteiger partial charge in [0.15, 0.2) is 6.10 Å². The molecule has 0 aromatic carbocycles. The molecule has 0 aliphatic heterocycles. The highest BCUT2D eigenvalue weighted by atomic mass is 16.6. The lowest BCUT2D eigenvalue weighted by Crippen LogP contribution is -2.30. The van der Waals surface area contributed by atoms with Gasteiger partial charge < -0.3 is 14.2 Å². The van der Waals surface area contributed by atoms with E-state index in [9.17, 15) is 14.4 Å². The number of esters is 3. The first kappa shape index (κ1) is 70.6. The molecule has 0 aliphatic carbocycles. The van der Waals surface area contributed by atoms with E-state index in [0.29, 0.717) is 19.3 Å². The average molecular weight is 1030 g/mol. The number of carbonyl (C=O) groups is 3. The molecule has 6 heteroatoms. The molecule has 0 saturated carbocycles. The molecule has 0 aromatic rings. The predicted octanol–water partition coefficient (Wildman–Crippen LogP) is 21.5. The van der Waals surface area contributed by atoms with E-state index in [1.165, 1.54) is 161 Å². The number of hydrogen-bond acceptors (Lipinski definition) is 6. The standard InChI is InChI=1S/C68H118O6/c1-4-7-10-13-16-19-22-24-26-28-30-32-34-36-38-40-42-44-46-49-52-55-58-61-67(70)73-64-65(63-72-66(69)60-57-54-51-48-21-18-15-12-9-6-3)74-68(71)62-59-56-53-50-47-45-43-41-39-37-35-33-31-29-27-25-23-20-17-14-11-8-5-2/h7,10,16,19,24,26,29-32,36,38,42,44,65H,4-6,8-9,11-15,17-18,20-23,25,27-28,33-35,37,39-41,43,45-64H2,1-3H3/b10-7-,19-16-,26-24-,31-29-,32-30-,38-36-,44-42-. The topological polar surface area (TPSA) is 78.9 Å². The summed E-state index contributed by atoms with van der Waals surface area (Å²) in [6.45, 7) is 6.52. The van der Waals surface area contributed by atoms with Gasteiger partial charge >= 0.3 is 17.9 Å². The molecule has 0 saturated heterocycles. The number of carbonyl (C=O) groups excluding carboxylic acids is 3. The van der Waals surface area contributed by atoms with Gasteiger partial charge in [0.2, 0.25) is 0 Å². The van der Waals surface area contributed by atoms with E-state index < -0.39 is 6.10 Å². The van der Waals surface area contributed by atoms with Crippen molar-refractivity contribution in [1.29, 1.82) is 0 Å². The van der Waals surface area contributed by atoms with Gasteiger partial charge in [0.05, 0.1) is 0 Å². The Balaban J connectivity index is 4.31. The van der Waals surface area contributed by atoms with Crippen LogP contribution >= 0.6 is 0 Å². The lowest BCUT2D eigenvalue weighted by atomic mass is 10.0. The fourth-order valence-corrected chi connectivity index (χ4v) is 8.91. The van der Waals surface area contributed by atoms with Gasteiger partial charge in [-0.2, -0.15) is 0 Å². The molecule has 0 heterocycles. The summed E-state index contributed by atoms with van der Waals surface area (Å²) in [7, 11) is 0. The Bertz CT molecular complexity index is 1420. The Morgan fingerprint density at radius 1 is 0.284 bits per heavy atom. The summed E-state index contributed by atoms with van der Waals surface area (Å²) >= 11 is 0. The van der Waals surface area contributed by atoms with Crippen LogP contribution in [0.5, 0.6) is 0 Å². The maximum atomic E-state index is 12.9. The maximum Gasteiger partial charge on any atom is 0.306 e. The molecule has 0 bridgehead atoms. The quantitative estimate of drug-likeness (QED) is 0.0261. The zero-order valence-electron chi connectivity index (χ0n) is 48.8. The number of unbranched alkanes of at least 4 members (excludes halogenated alkanes) is 32. The zero-order chi connectivity index (χ0) is 53.6. The highest BCUT2D eigenvalue weighted by Crippen LogP contribution is 2.16. The predicted molar refractivity (Wildman–Crippen MR) is 321 cm³/mol. The van der Waals surface area contributed by atoms with E-state index in [1.54, 1.807) is 0 Å². The van der Waals surface area contributed by atoms with Crippen LogP contribution in [0.25, 0.3) is 0 Å². The molecule has 0 N–H and O–H groups in total. The summed E-state index contributed by atoms with van der Waals surface area (Å²) in [5, 5.41) is 0. The van der Waals surface area contributed by atoms with Crippen molar-refractivity contribution in [3.8, 4) is 0 Å². The van der Waals surface area contributed by atoms with Gasteiger partial charge in [-0.1, -0.05) is 279 Å². The van der Waals surface area contributed by atoms with E-state index >= 15 is 0 Å². The third kappa shape index (κ3) is 59.5. The van der Waals surface area contributed by atoms with Crippen LogP contribution in [-0.4, -0.2) is 37.2 Å². The number of hydrogen-bond donors (Lipinski definition) is 0. The van der Waals surface area contributed by atoms with Gasteiger partial charge in [0.1, 0.15) is 13.2 Å². The highest BCUT2D eigenvalue weighted by molar-refractivity contribution is 5.71.